The van der Waals surface area contributed by atoms with Gasteiger partial charge in [-0.2, -0.15) is 0 Å². The second kappa shape index (κ2) is 11.1. The van der Waals surface area contributed by atoms with E-state index in [0.29, 0.717) is 6.04 Å². The average Bonchev–Trinajstić information content (AvgIpc) is 3.69. The van der Waals surface area contributed by atoms with Crippen LogP contribution in [-0.2, 0) is 0 Å². The molecule has 0 radical (unpaired) electrons. The molecule has 0 N–H and O–H groups in total. The van der Waals surface area contributed by atoms with Gasteiger partial charge in [-0.15, -0.1) is 5.10 Å². The summed E-state index contributed by atoms with van der Waals surface area (Å²) in [5, 5.41) is 5.01. The minimum Gasteiger partial charge on any atom is -0.356 e. The van der Waals surface area contributed by atoms with Gasteiger partial charge in [0.2, 0.25) is 0 Å². The Kier molecular flexibility index (Phi) is 7.03. The van der Waals surface area contributed by atoms with E-state index in [1.54, 1.807) is 12.1 Å². The van der Waals surface area contributed by atoms with Crippen molar-refractivity contribution in [1.29, 1.82) is 0 Å². The number of hydrogen-bond acceptors (Lipinski definition) is 7. The van der Waals surface area contributed by atoms with Crippen LogP contribution in [0.25, 0.3) is 28.3 Å². The lowest BCUT2D eigenvalue weighted by Crippen LogP contribution is -2.42. The number of fused-ring (bicyclic) bond motifs is 1. The van der Waals surface area contributed by atoms with Crippen LogP contribution < -0.4 is 9.80 Å². The van der Waals surface area contributed by atoms with Crippen LogP contribution in [0.2, 0.25) is 0 Å². The number of pyridine rings is 2. The first-order valence-corrected chi connectivity index (χ1v) is 14.8. The highest BCUT2D eigenvalue weighted by Gasteiger charge is 2.28. The Labute approximate surface area is 245 Å². The molecule has 2 fully saturated rings. The van der Waals surface area contributed by atoms with E-state index in [2.05, 4.69) is 44.8 Å². The Morgan fingerprint density at radius 3 is 2.50 bits per heavy atom. The van der Waals surface area contributed by atoms with Gasteiger partial charge in [-0.1, -0.05) is 18.2 Å². The topological polar surface area (TPSA) is 65.7 Å². The van der Waals surface area contributed by atoms with Crippen LogP contribution in [0.4, 0.5) is 16.0 Å². The summed E-state index contributed by atoms with van der Waals surface area (Å²) in [4.78, 5) is 21.3. The Morgan fingerprint density at radius 2 is 1.67 bits per heavy atom. The summed E-state index contributed by atoms with van der Waals surface area (Å²) in [6, 6.07) is 21.9. The Hall–Kier alpha value is -4.37. The first-order valence-electron chi connectivity index (χ1n) is 14.8. The highest BCUT2D eigenvalue weighted by molar-refractivity contribution is 5.68. The van der Waals surface area contributed by atoms with Gasteiger partial charge in [0.15, 0.2) is 5.65 Å². The van der Waals surface area contributed by atoms with Gasteiger partial charge in [-0.25, -0.2) is 23.9 Å². The molecular weight excluding hydrogens is 527 g/mol. The van der Waals surface area contributed by atoms with Gasteiger partial charge >= 0.3 is 0 Å². The third-order valence-electron chi connectivity index (χ3n) is 8.70. The molecule has 0 aliphatic carbocycles. The molecule has 0 saturated carbocycles. The third-order valence-corrected chi connectivity index (χ3v) is 8.70. The van der Waals surface area contributed by atoms with E-state index in [9.17, 15) is 4.39 Å². The Morgan fingerprint density at radius 1 is 0.833 bits per heavy atom. The normalized spacial score (nSPS) is 18.0. The van der Waals surface area contributed by atoms with Gasteiger partial charge in [-0.05, 0) is 93.9 Å². The van der Waals surface area contributed by atoms with Crippen LogP contribution in [0, 0.1) is 5.82 Å². The first kappa shape index (κ1) is 26.5. The zero-order valence-electron chi connectivity index (χ0n) is 24.1. The molecule has 214 valence electrons. The van der Waals surface area contributed by atoms with Crippen molar-refractivity contribution < 1.29 is 4.39 Å². The summed E-state index contributed by atoms with van der Waals surface area (Å²) in [6.45, 7) is 2.87. The van der Waals surface area contributed by atoms with Crippen molar-refractivity contribution in [2.45, 2.75) is 37.8 Å². The van der Waals surface area contributed by atoms with Gasteiger partial charge in [0.25, 0.3) is 0 Å². The SMILES string of the molecule is CN(C)C1CCN(c2cc(-c3cccc(-c4cnc5ccc(N6CCCC6c6cccc(F)c6)nn45)n3)ccn2)CC1. The Balaban J connectivity index is 1.17. The van der Waals surface area contributed by atoms with E-state index in [1.165, 1.54) is 6.07 Å². The first-order chi connectivity index (χ1) is 20.5. The molecule has 7 rings (SSSR count). The molecular formula is C33H35FN8. The van der Waals surface area contributed by atoms with E-state index in [1.807, 2.05) is 59.4 Å². The van der Waals surface area contributed by atoms with Crippen molar-refractivity contribution in [3.8, 4) is 22.6 Å². The second-order valence-electron chi connectivity index (χ2n) is 11.5. The van der Waals surface area contributed by atoms with Crippen molar-refractivity contribution in [3.05, 3.63) is 90.5 Å². The fourth-order valence-electron chi connectivity index (χ4n) is 6.39. The molecule has 42 heavy (non-hydrogen) atoms. The molecule has 9 heteroatoms. The summed E-state index contributed by atoms with van der Waals surface area (Å²) in [6.07, 6.45) is 7.98. The fourth-order valence-corrected chi connectivity index (χ4v) is 6.39. The highest BCUT2D eigenvalue weighted by atomic mass is 19.1. The number of hydrogen-bond donors (Lipinski definition) is 0. The van der Waals surface area contributed by atoms with Crippen molar-refractivity contribution in [2.75, 3.05) is 43.5 Å². The molecule has 1 aromatic carbocycles. The van der Waals surface area contributed by atoms with Gasteiger partial charge in [0.05, 0.1) is 23.6 Å². The number of imidazole rings is 1. The van der Waals surface area contributed by atoms with Crippen molar-refractivity contribution >= 4 is 17.3 Å². The minimum absolute atomic E-state index is 0.0913. The summed E-state index contributed by atoms with van der Waals surface area (Å²) < 4.78 is 15.9. The molecule has 8 nitrogen and oxygen atoms in total. The van der Waals surface area contributed by atoms with Crippen LogP contribution in [0.5, 0.6) is 0 Å². The number of halogens is 1. The van der Waals surface area contributed by atoms with Crippen molar-refractivity contribution in [2.24, 2.45) is 0 Å². The number of anilines is 2. The maximum atomic E-state index is 14.0. The number of benzene rings is 1. The number of aromatic nitrogens is 5. The van der Waals surface area contributed by atoms with E-state index < -0.39 is 0 Å². The molecule has 4 aromatic heterocycles. The molecule has 5 aromatic rings. The Bertz CT molecular complexity index is 1710. The molecule has 0 amide bonds. The lowest BCUT2D eigenvalue weighted by Gasteiger charge is -2.35. The third kappa shape index (κ3) is 5.09. The molecule has 6 heterocycles. The number of piperidine rings is 1. The predicted molar refractivity (Wildman–Crippen MR) is 164 cm³/mol. The number of nitrogens with zero attached hydrogens (tertiary/aromatic N) is 8. The standard InChI is InChI=1S/C33H35FN8/c1-39(2)26-14-18-40(19-15-26)33-21-23(13-16-35-33)27-8-4-9-28(37-27)30-22-36-31-11-12-32(38-42(30)31)41-17-5-10-29(41)24-6-3-7-25(34)20-24/h3-4,6-9,11-13,16,20-22,26,29H,5,10,14-15,17-19H2,1-2H3. The van der Waals surface area contributed by atoms with Crippen LogP contribution in [-0.4, -0.2) is 69.2 Å². The molecule has 2 aliphatic rings. The smallest absolute Gasteiger partial charge is 0.154 e. The second-order valence-corrected chi connectivity index (χ2v) is 11.5. The zero-order chi connectivity index (χ0) is 28.6. The quantitative estimate of drug-likeness (QED) is 0.257. The average molecular weight is 563 g/mol. The molecule has 2 aliphatic heterocycles. The van der Waals surface area contributed by atoms with E-state index in [0.717, 1.165) is 90.8 Å². The predicted octanol–water partition coefficient (Wildman–Crippen LogP) is 5.86. The van der Waals surface area contributed by atoms with E-state index >= 15 is 0 Å². The van der Waals surface area contributed by atoms with Crippen LogP contribution in [0.1, 0.15) is 37.3 Å². The summed E-state index contributed by atoms with van der Waals surface area (Å²) >= 11 is 0. The molecule has 2 saturated heterocycles. The number of rotatable bonds is 6. The van der Waals surface area contributed by atoms with Gasteiger partial charge in [0.1, 0.15) is 23.1 Å². The summed E-state index contributed by atoms with van der Waals surface area (Å²) in [5.74, 6) is 1.64. The fraction of sp³-hybridized carbons (Fsp3) is 0.333. The van der Waals surface area contributed by atoms with Gasteiger partial charge in [0, 0.05) is 37.4 Å². The monoisotopic (exact) mass is 562 g/mol. The summed E-state index contributed by atoms with van der Waals surface area (Å²) in [5.41, 5.74) is 5.29. The van der Waals surface area contributed by atoms with E-state index in [-0.39, 0.29) is 11.9 Å². The molecule has 0 bridgehead atoms. The minimum atomic E-state index is -0.208. The van der Waals surface area contributed by atoms with Crippen LogP contribution in [0.3, 0.4) is 0 Å². The lowest BCUT2D eigenvalue weighted by molar-refractivity contribution is 0.249. The molecule has 0 spiro atoms. The van der Waals surface area contributed by atoms with E-state index in [4.69, 9.17) is 10.1 Å². The highest BCUT2D eigenvalue weighted by Crippen LogP contribution is 2.36. The van der Waals surface area contributed by atoms with Gasteiger partial charge < -0.3 is 14.7 Å². The van der Waals surface area contributed by atoms with Crippen molar-refractivity contribution in [1.82, 2.24) is 29.5 Å². The van der Waals surface area contributed by atoms with Gasteiger partial charge in [-0.3, -0.25) is 0 Å². The lowest BCUT2D eigenvalue weighted by atomic mass is 10.0. The zero-order valence-corrected chi connectivity index (χ0v) is 24.1. The maximum Gasteiger partial charge on any atom is 0.154 e. The van der Waals surface area contributed by atoms with Crippen molar-refractivity contribution in [3.63, 3.8) is 0 Å². The van der Waals surface area contributed by atoms with Crippen LogP contribution >= 0.6 is 0 Å². The molecule has 1 atom stereocenters. The largest absolute Gasteiger partial charge is 0.356 e. The maximum absolute atomic E-state index is 14.0. The molecule has 1 unspecified atom stereocenters. The van der Waals surface area contributed by atoms with Crippen LogP contribution in [0.15, 0.2) is 79.1 Å². The summed E-state index contributed by atoms with van der Waals surface area (Å²) in [7, 11) is 4.32.